The van der Waals surface area contributed by atoms with Gasteiger partial charge in [0.2, 0.25) is 0 Å². The number of anilines is 1. The van der Waals surface area contributed by atoms with Crippen LogP contribution < -0.4 is 10.2 Å². The molecule has 4 rings (SSSR count). The van der Waals surface area contributed by atoms with Crippen LogP contribution in [0, 0.1) is 13.8 Å². The van der Waals surface area contributed by atoms with Crippen LogP contribution in [0.15, 0.2) is 48.5 Å². The summed E-state index contributed by atoms with van der Waals surface area (Å²) < 4.78 is 6.79. The maximum Gasteiger partial charge on any atom is 0.414 e. The van der Waals surface area contributed by atoms with Gasteiger partial charge in [0.05, 0.1) is 24.3 Å². The predicted molar refractivity (Wildman–Crippen MR) is 119 cm³/mol. The van der Waals surface area contributed by atoms with Crippen LogP contribution in [0.2, 0.25) is 5.02 Å². The van der Waals surface area contributed by atoms with Gasteiger partial charge in [0, 0.05) is 22.9 Å². The molecule has 0 aliphatic carbocycles. The number of aryl methyl sites for hydroxylation is 1. The highest BCUT2D eigenvalue weighted by molar-refractivity contribution is 6.31. The van der Waals surface area contributed by atoms with Crippen LogP contribution in [-0.2, 0) is 17.8 Å². The molecule has 0 unspecified atom stereocenters. The van der Waals surface area contributed by atoms with Crippen LogP contribution in [-0.4, -0.2) is 34.9 Å². The minimum atomic E-state index is -0.349. The number of carbonyl (C=O) groups excluding carboxylic acids is 2. The maximum atomic E-state index is 12.9. The highest BCUT2D eigenvalue weighted by Gasteiger charge is 2.24. The quantitative estimate of drug-likeness (QED) is 0.629. The Morgan fingerprint density at radius 1 is 1.19 bits per heavy atom. The van der Waals surface area contributed by atoms with E-state index in [0.717, 1.165) is 22.5 Å². The van der Waals surface area contributed by atoms with E-state index in [2.05, 4.69) is 10.4 Å². The predicted octanol–water partition coefficient (Wildman–Crippen LogP) is 4.09. The van der Waals surface area contributed by atoms with Crippen LogP contribution >= 0.6 is 11.6 Å². The summed E-state index contributed by atoms with van der Waals surface area (Å²) in [7, 11) is 0. The van der Waals surface area contributed by atoms with E-state index in [-0.39, 0.29) is 12.0 Å². The Morgan fingerprint density at radius 3 is 2.74 bits per heavy atom. The molecule has 0 atom stereocenters. The van der Waals surface area contributed by atoms with Crippen molar-refractivity contribution < 1.29 is 14.3 Å². The van der Waals surface area contributed by atoms with Crippen molar-refractivity contribution in [3.63, 3.8) is 0 Å². The molecule has 0 saturated carbocycles. The first-order valence-corrected chi connectivity index (χ1v) is 10.4. The zero-order valence-electron chi connectivity index (χ0n) is 17.4. The van der Waals surface area contributed by atoms with Gasteiger partial charge in [-0.25, -0.2) is 4.79 Å². The van der Waals surface area contributed by atoms with Crippen LogP contribution in [0.3, 0.4) is 0 Å². The second-order valence-electron chi connectivity index (χ2n) is 7.41. The summed E-state index contributed by atoms with van der Waals surface area (Å²) in [5, 5.41) is 8.17. The molecule has 1 aromatic heterocycles. The van der Waals surface area contributed by atoms with Crippen molar-refractivity contribution in [2.75, 3.05) is 18.1 Å². The minimum Gasteiger partial charge on any atom is -0.447 e. The van der Waals surface area contributed by atoms with E-state index in [1.807, 2.05) is 62.4 Å². The lowest BCUT2D eigenvalue weighted by molar-refractivity contribution is 0.0949. The van der Waals surface area contributed by atoms with Gasteiger partial charge in [-0.3, -0.25) is 14.4 Å². The van der Waals surface area contributed by atoms with Crippen molar-refractivity contribution >= 4 is 29.3 Å². The summed E-state index contributed by atoms with van der Waals surface area (Å²) >= 11 is 6.27. The van der Waals surface area contributed by atoms with Gasteiger partial charge in [-0.1, -0.05) is 41.9 Å². The second kappa shape index (κ2) is 8.81. The third-order valence-electron chi connectivity index (χ3n) is 5.32. The Labute approximate surface area is 185 Å². The number of hydrogen-bond acceptors (Lipinski definition) is 4. The number of cyclic esters (lactones) is 1. The van der Waals surface area contributed by atoms with Crippen LogP contribution in [0.4, 0.5) is 10.5 Å². The maximum absolute atomic E-state index is 12.9. The van der Waals surface area contributed by atoms with Crippen LogP contribution in [0.25, 0.3) is 0 Å². The second-order valence-corrected chi connectivity index (χ2v) is 7.82. The minimum absolute atomic E-state index is 0.189. The van der Waals surface area contributed by atoms with Crippen molar-refractivity contribution in [3.8, 4) is 0 Å². The third kappa shape index (κ3) is 4.41. The summed E-state index contributed by atoms with van der Waals surface area (Å²) in [5.41, 5.74) is 4.60. The van der Waals surface area contributed by atoms with Gasteiger partial charge in [-0.05, 0) is 43.2 Å². The summed E-state index contributed by atoms with van der Waals surface area (Å²) in [6.45, 7) is 5.45. The monoisotopic (exact) mass is 438 g/mol. The number of amides is 2. The van der Waals surface area contributed by atoms with Crippen molar-refractivity contribution in [1.29, 1.82) is 0 Å². The molecule has 160 valence electrons. The normalized spacial score (nSPS) is 13.4. The van der Waals surface area contributed by atoms with Gasteiger partial charge in [0.1, 0.15) is 6.61 Å². The number of ether oxygens (including phenoxy) is 1. The Kier molecular flexibility index (Phi) is 5.95. The lowest BCUT2D eigenvalue weighted by Gasteiger charge is -2.14. The molecule has 3 aromatic rings. The topological polar surface area (TPSA) is 76.5 Å². The van der Waals surface area contributed by atoms with Gasteiger partial charge in [0.15, 0.2) is 0 Å². The van der Waals surface area contributed by atoms with E-state index in [4.69, 9.17) is 16.3 Å². The van der Waals surface area contributed by atoms with Crippen molar-refractivity contribution in [1.82, 2.24) is 15.1 Å². The summed E-state index contributed by atoms with van der Waals surface area (Å²) in [5.74, 6) is -0.189. The first-order chi connectivity index (χ1) is 14.9. The van der Waals surface area contributed by atoms with E-state index in [1.165, 1.54) is 0 Å². The van der Waals surface area contributed by atoms with Gasteiger partial charge in [0.25, 0.3) is 5.91 Å². The molecule has 1 N–H and O–H groups in total. The average molecular weight is 439 g/mol. The molecule has 1 saturated heterocycles. The fourth-order valence-electron chi connectivity index (χ4n) is 3.70. The first-order valence-electron chi connectivity index (χ1n) is 10.0. The van der Waals surface area contributed by atoms with E-state index >= 15 is 0 Å². The number of rotatable bonds is 6. The number of aromatic nitrogens is 2. The molecule has 0 bridgehead atoms. The number of carbonyl (C=O) groups is 2. The lowest BCUT2D eigenvalue weighted by Crippen LogP contribution is -2.25. The van der Waals surface area contributed by atoms with E-state index in [1.54, 1.807) is 9.58 Å². The average Bonchev–Trinajstić information content (AvgIpc) is 3.30. The standard InChI is InChI=1S/C23H23ClN4O3/c1-15-21(16(2)28(26-15)14-18-7-3-4-9-20(18)24)22(29)25-13-17-6-5-8-19(12-17)27-10-11-31-23(27)30/h3-9,12H,10-11,13-14H2,1-2H3,(H,25,29). The SMILES string of the molecule is Cc1nn(Cc2ccccc2Cl)c(C)c1C(=O)NCc1cccc(N2CCOC2=O)c1. The fraction of sp³-hybridized carbons (Fsp3) is 0.261. The molecular weight excluding hydrogens is 416 g/mol. The Bertz CT molecular complexity index is 1140. The molecule has 2 heterocycles. The first kappa shape index (κ1) is 20.9. The Hall–Kier alpha value is -3.32. The number of hydrogen-bond donors (Lipinski definition) is 1. The van der Waals surface area contributed by atoms with E-state index < -0.39 is 0 Å². The van der Waals surface area contributed by atoms with Crippen LogP contribution in [0.5, 0.6) is 0 Å². The zero-order valence-corrected chi connectivity index (χ0v) is 18.1. The molecule has 1 fully saturated rings. The van der Waals surface area contributed by atoms with Crippen molar-refractivity contribution in [3.05, 3.63) is 81.6 Å². The molecule has 31 heavy (non-hydrogen) atoms. The number of benzene rings is 2. The van der Waals surface area contributed by atoms with Gasteiger partial charge in [-0.15, -0.1) is 0 Å². The number of halogens is 1. The Morgan fingerprint density at radius 2 is 2.00 bits per heavy atom. The zero-order chi connectivity index (χ0) is 22.0. The molecule has 8 heteroatoms. The Balaban J connectivity index is 1.46. The van der Waals surface area contributed by atoms with E-state index in [0.29, 0.717) is 42.5 Å². The molecule has 0 radical (unpaired) electrons. The van der Waals surface area contributed by atoms with Gasteiger partial charge < -0.3 is 10.1 Å². The lowest BCUT2D eigenvalue weighted by atomic mass is 10.1. The fourth-order valence-corrected chi connectivity index (χ4v) is 3.90. The summed E-state index contributed by atoms with van der Waals surface area (Å²) in [4.78, 5) is 26.3. The van der Waals surface area contributed by atoms with Crippen LogP contribution in [0.1, 0.15) is 32.9 Å². The van der Waals surface area contributed by atoms with Gasteiger partial charge in [-0.2, -0.15) is 5.10 Å². The van der Waals surface area contributed by atoms with Gasteiger partial charge >= 0.3 is 6.09 Å². The highest BCUT2D eigenvalue weighted by Crippen LogP contribution is 2.21. The number of nitrogens with one attached hydrogen (secondary N) is 1. The summed E-state index contributed by atoms with van der Waals surface area (Å²) in [6.07, 6.45) is -0.349. The third-order valence-corrected chi connectivity index (χ3v) is 5.69. The van der Waals surface area contributed by atoms with E-state index in [9.17, 15) is 9.59 Å². The molecule has 1 aliphatic heterocycles. The number of nitrogens with zero attached hydrogens (tertiary/aromatic N) is 3. The molecular formula is C23H23ClN4O3. The molecule has 0 spiro atoms. The molecule has 7 nitrogen and oxygen atoms in total. The molecule has 2 aromatic carbocycles. The molecule has 1 aliphatic rings. The smallest absolute Gasteiger partial charge is 0.414 e. The summed E-state index contributed by atoms with van der Waals surface area (Å²) in [6, 6.07) is 15.1. The molecule has 2 amide bonds. The van der Waals surface area contributed by atoms with Crippen molar-refractivity contribution in [2.45, 2.75) is 26.9 Å². The van der Waals surface area contributed by atoms with Crippen molar-refractivity contribution in [2.24, 2.45) is 0 Å². The largest absolute Gasteiger partial charge is 0.447 e. The highest BCUT2D eigenvalue weighted by atomic mass is 35.5.